The molecule has 1 aromatic rings. The maximum absolute atomic E-state index is 12.9. The van der Waals surface area contributed by atoms with E-state index in [1.165, 1.54) is 0 Å². The van der Waals surface area contributed by atoms with Crippen LogP contribution in [0.2, 0.25) is 0 Å². The maximum atomic E-state index is 12.9. The molecular formula is C19H30N2O3. The Morgan fingerprint density at radius 2 is 2.29 bits per heavy atom. The number of ether oxygens (including phenoxy) is 1. The Balaban J connectivity index is 1.79. The summed E-state index contributed by atoms with van der Waals surface area (Å²) in [6, 6.07) is 4.42. The fourth-order valence-electron chi connectivity index (χ4n) is 4.32. The second-order valence-electron chi connectivity index (χ2n) is 7.51. The van der Waals surface area contributed by atoms with Gasteiger partial charge in [-0.1, -0.05) is 0 Å². The number of hydrogen-bond donors (Lipinski definition) is 0. The molecule has 5 nitrogen and oxygen atoms in total. The molecule has 0 spiro atoms. The van der Waals surface area contributed by atoms with Crippen molar-refractivity contribution in [2.45, 2.75) is 46.2 Å². The smallest absolute Gasteiger partial charge is 0.313 e. The van der Waals surface area contributed by atoms with Crippen LogP contribution in [-0.4, -0.2) is 54.6 Å². The lowest BCUT2D eigenvalue weighted by atomic mass is 9.75. The summed E-state index contributed by atoms with van der Waals surface area (Å²) in [5.74, 6) is 1.34. The van der Waals surface area contributed by atoms with Crippen LogP contribution >= 0.6 is 0 Å². The standard InChI is InChI=1S/C19H30N2O3/c1-4-23-18(22)19-8-6-9-20(13-17-7-5-10-24-17)11-16(19)12-21(14-19)15(2)3/h5,7,10,15-16H,4,6,8-9,11-14H2,1-3H3/t16-,19-/m1/s1. The van der Waals surface area contributed by atoms with Gasteiger partial charge < -0.3 is 9.15 Å². The molecule has 0 N–H and O–H groups in total. The number of rotatable bonds is 5. The molecule has 0 saturated carbocycles. The lowest BCUT2D eigenvalue weighted by Gasteiger charge is -2.31. The van der Waals surface area contributed by atoms with Crippen LogP contribution in [0.3, 0.4) is 0 Å². The first kappa shape index (κ1) is 17.5. The van der Waals surface area contributed by atoms with Gasteiger partial charge >= 0.3 is 5.97 Å². The van der Waals surface area contributed by atoms with Crippen LogP contribution in [0.4, 0.5) is 0 Å². The van der Waals surface area contributed by atoms with E-state index < -0.39 is 0 Å². The molecule has 3 rings (SSSR count). The van der Waals surface area contributed by atoms with Gasteiger partial charge in [-0.3, -0.25) is 14.6 Å². The van der Waals surface area contributed by atoms with Crippen molar-refractivity contribution in [3.8, 4) is 0 Å². The number of carbonyl (C=O) groups is 1. The van der Waals surface area contributed by atoms with Crippen LogP contribution in [0.1, 0.15) is 39.4 Å². The predicted molar refractivity (Wildman–Crippen MR) is 92.5 cm³/mol. The van der Waals surface area contributed by atoms with E-state index in [-0.39, 0.29) is 11.4 Å². The zero-order valence-electron chi connectivity index (χ0n) is 15.2. The van der Waals surface area contributed by atoms with Gasteiger partial charge in [-0.25, -0.2) is 0 Å². The first-order chi connectivity index (χ1) is 11.5. The van der Waals surface area contributed by atoms with Crippen molar-refractivity contribution in [2.24, 2.45) is 11.3 Å². The van der Waals surface area contributed by atoms with Crippen LogP contribution in [0.5, 0.6) is 0 Å². The predicted octanol–water partition coefficient (Wildman–Crippen LogP) is 2.77. The normalized spacial score (nSPS) is 28.8. The molecule has 0 amide bonds. The Bertz CT molecular complexity index is 543. The Hall–Kier alpha value is -1.33. The first-order valence-corrected chi connectivity index (χ1v) is 9.21. The van der Waals surface area contributed by atoms with Crippen LogP contribution in [0.15, 0.2) is 22.8 Å². The quantitative estimate of drug-likeness (QED) is 0.775. The zero-order valence-corrected chi connectivity index (χ0v) is 15.2. The number of esters is 1. The Morgan fingerprint density at radius 1 is 1.46 bits per heavy atom. The van der Waals surface area contributed by atoms with Crippen LogP contribution in [-0.2, 0) is 16.1 Å². The van der Waals surface area contributed by atoms with Gasteiger partial charge in [0, 0.05) is 31.6 Å². The Kier molecular flexibility index (Phi) is 5.30. The summed E-state index contributed by atoms with van der Waals surface area (Å²) >= 11 is 0. The van der Waals surface area contributed by atoms with E-state index in [9.17, 15) is 4.79 Å². The minimum absolute atomic E-state index is 0.0120. The largest absolute Gasteiger partial charge is 0.468 e. The van der Waals surface area contributed by atoms with Crippen LogP contribution in [0.25, 0.3) is 0 Å². The van der Waals surface area contributed by atoms with Crippen molar-refractivity contribution in [1.82, 2.24) is 9.80 Å². The fourth-order valence-corrected chi connectivity index (χ4v) is 4.32. The van der Waals surface area contributed by atoms with Crippen molar-refractivity contribution in [1.29, 1.82) is 0 Å². The van der Waals surface area contributed by atoms with Gasteiger partial charge in [-0.15, -0.1) is 0 Å². The number of hydrogen-bond acceptors (Lipinski definition) is 5. The van der Waals surface area contributed by atoms with E-state index in [1.54, 1.807) is 6.26 Å². The highest BCUT2D eigenvalue weighted by atomic mass is 16.5. The minimum Gasteiger partial charge on any atom is -0.468 e. The Morgan fingerprint density at radius 3 is 2.96 bits per heavy atom. The van der Waals surface area contributed by atoms with E-state index in [0.717, 1.165) is 51.3 Å². The highest BCUT2D eigenvalue weighted by molar-refractivity contribution is 5.78. The summed E-state index contributed by atoms with van der Waals surface area (Å²) in [4.78, 5) is 17.7. The molecule has 2 aliphatic heterocycles. The molecule has 2 aliphatic rings. The molecule has 3 heterocycles. The molecule has 0 aromatic carbocycles. The Labute approximate surface area is 144 Å². The molecule has 24 heavy (non-hydrogen) atoms. The summed E-state index contributed by atoms with van der Waals surface area (Å²) < 4.78 is 11.0. The maximum Gasteiger partial charge on any atom is 0.313 e. The third-order valence-corrected chi connectivity index (χ3v) is 5.67. The average molecular weight is 334 g/mol. The lowest BCUT2D eigenvalue weighted by molar-refractivity contribution is -0.157. The van der Waals surface area contributed by atoms with Crippen molar-refractivity contribution in [3.63, 3.8) is 0 Å². The molecule has 0 aliphatic carbocycles. The number of furan rings is 1. The van der Waals surface area contributed by atoms with E-state index >= 15 is 0 Å². The molecule has 0 bridgehead atoms. The van der Waals surface area contributed by atoms with E-state index in [1.807, 2.05) is 19.1 Å². The monoisotopic (exact) mass is 334 g/mol. The molecule has 5 heteroatoms. The number of fused-ring (bicyclic) bond motifs is 1. The summed E-state index contributed by atoms with van der Waals surface area (Å²) in [5.41, 5.74) is -0.335. The summed E-state index contributed by atoms with van der Waals surface area (Å²) in [7, 11) is 0. The third-order valence-electron chi connectivity index (χ3n) is 5.67. The zero-order chi connectivity index (χ0) is 17.2. The van der Waals surface area contributed by atoms with Gasteiger partial charge in [0.25, 0.3) is 0 Å². The summed E-state index contributed by atoms with van der Waals surface area (Å²) in [6.45, 7) is 11.4. The van der Waals surface area contributed by atoms with Gasteiger partial charge in [-0.2, -0.15) is 0 Å². The summed E-state index contributed by atoms with van der Waals surface area (Å²) in [5, 5.41) is 0. The topological polar surface area (TPSA) is 45.9 Å². The van der Waals surface area contributed by atoms with Crippen LogP contribution < -0.4 is 0 Å². The molecule has 0 radical (unpaired) electrons. The van der Waals surface area contributed by atoms with Crippen LogP contribution in [0, 0.1) is 11.3 Å². The van der Waals surface area contributed by atoms with Gasteiger partial charge in [0.05, 0.1) is 24.8 Å². The van der Waals surface area contributed by atoms with Gasteiger partial charge in [0.2, 0.25) is 0 Å². The molecule has 1 aromatic heterocycles. The van der Waals surface area contributed by atoms with E-state index in [0.29, 0.717) is 18.6 Å². The van der Waals surface area contributed by atoms with Crippen molar-refractivity contribution < 1.29 is 13.9 Å². The summed E-state index contributed by atoms with van der Waals surface area (Å²) in [6.07, 6.45) is 3.68. The number of carbonyl (C=O) groups excluding carboxylic acids is 1. The highest BCUT2D eigenvalue weighted by Gasteiger charge is 2.54. The minimum atomic E-state index is -0.335. The van der Waals surface area contributed by atoms with E-state index in [4.69, 9.17) is 9.15 Å². The SMILES string of the molecule is CCOC(=O)[C@@]12CCCN(Cc3ccco3)C[C@@H]1CN(C(C)C)C2. The lowest BCUT2D eigenvalue weighted by Crippen LogP contribution is -2.42. The van der Waals surface area contributed by atoms with Crippen molar-refractivity contribution in [2.75, 3.05) is 32.8 Å². The molecule has 0 unspecified atom stereocenters. The first-order valence-electron chi connectivity index (χ1n) is 9.21. The van der Waals surface area contributed by atoms with Gasteiger partial charge in [0.1, 0.15) is 5.76 Å². The molecule has 2 atom stereocenters. The van der Waals surface area contributed by atoms with Crippen molar-refractivity contribution >= 4 is 5.97 Å². The number of likely N-dealkylation sites (tertiary alicyclic amines) is 2. The molecule has 2 fully saturated rings. The second kappa shape index (κ2) is 7.28. The van der Waals surface area contributed by atoms with E-state index in [2.05, 4.69) is 23.6 Å². The molecule has 134 valence electrons. The van der Waals surface area contributed by atoms with Crippen molar-refractivity contribution in [3.05, 3.63) is 24.2 Å². The average Bonchev–Trinajstić information content (AvgIpc) is 3.13. The molecular weight excluding hydrogens is 304 g/mol. The van der Waals surface area contributed by atoms with Gasteiger partial charge in [0.15, 0.2) is 0 Å². The fraction of sp³-hybridized carbons (Fsp3) is 0.737. The number of nitrogens with zero attached hydrogens (tertiary/aromatic N) is 2. The third kappa shape index (κ3) is 3.38. The second-order valence-corrected chi connectivity index (χ2v) is 7.51. The van der Waals surface area contributed by atoms with Gasteiger partial charge in [-0.05, 0) is 52.3 Å². The highest BCUT2D eigenvalue weighted by Crippen LogP contribution is 2.44. The molecule has 2 saturated heterocycles.